The van der Waals surface area contributed by atoms with Crippen LogP contribution in [0.1, 0.15) is 66.7 Å². The number of carbonyl (C=O) groups excluding carboxylic acids is 3. The summed E-state index contributed by atoms with van der Waals surface area (Å²) < 4.78 is 0. The Morgan fingerprint density at radius 2 is 1.77 bits per heavy atom. The molecule has 2 heterocycles. The summed E-state index contributed by atoms with van der Waals surface area (Å²) in [5, 5.41) is 6.21. The standard InChI is InChI=1S/C23H42N4O3/c1-16(2)14-20-22(29)27(13-10-25-20)21(15-17(3)4)23(30)26-11-7-19(8-12-26)6-9-24-18(5)28/h16-17,19-21,25H,6-15H2,1-5H3,(H,24,28)/t20-,21?/m0/s1. The smallest absolute Gasteiger partial charge is 0.245 e. The van der Waals surface area contributed by atoms with Crippen LogP contribution in [0.2, 0.25) is 0 Å². The molecule has 2 aliphatic rings. The van der Waals surface area contributed by atoms with Crippen LogP contribution < -0.4 is 10.6 Å². The molecule has 0 aromatic carbocycles. The van der Waals surface area contributed by atoms with Crippen LogP contribution in [0, 0.1) is 17.8 Å². The van der Waals surface area contributed by atoms with Crippen molar-refractivity contribution in [1.29, 1.82) is 0 Å². The first-order valence-corrected chi connectivity index (χ1v) is 11.8. The summed E-state index contributed by atoms with van der Waals surface area (Å²) in [6.07, 6.45) is 4.40. The van der Waals surface area contributed by atoms with Crippen LogP contribution in [-0.2, 0) is 14.4 Å². The Bertz CT molecular complexity index is 585. The lowest BCUT2D eigenvalue weighted by atomic mass is 9.92. The third-order valence-electron chi connectivity index (χ3n) is 6.24. The highest BCUT2D eigenvalue weighted by Gasteiger charge is 2.39. The maximum absolute atomic E-state index is 13.5. The van der Waals surface area contributed by atoms with Crippen molar-refractivity contribution in [3.05, 3.63) is 0 Å². The van der Waals surface area contributed by atoms with E-state index < -0.39 is 0 Å². The molecule has 0 spiro atoms. The van der Waals surface area contributed by atoms with Crippen LogP contribution in [0.3, 0.4) is 0 Å². The van der Waals surface area contributed by atoms with Crippen LogP contribution in [0.5, 0.6) is 0 Å². The van der Waals surface area contributed by atoms with Gasteiger partial charge in [0.15, 0.2) is 0 Å². The number of hydrogen-bond acceptors (Lipinski definition) is 4. The van der Waals surface area contributed by atoms with Crippen molar-refractivity contribution in [3.8, 4) is 0 Å². The Hall–Kier alpha value is -1.63. The Morgan fingerprint density at radius 3 is 2.33 bits per heavy atom. The van der Waals surface area contributed by atoms with Gasteiger partial charge in [0.2, 0.25) is 17.7 Å². The van der Waals surface area contributed by atoms with Crippen LogP contribution in [-0.4, -0.2) is 72.3 Å². The highest BCUT2D eigenvalue weighted by atomic mass is 16.2. The van der Waals surface area contributed by atoms with Gasteiger partial charge in [-0.1, -0.05) is 27.7 Å². The van der Waals surface area contributed by atoms with Crippen LogP contribution in [0.4, 0.5) is 0 Å². The van der Waals surface area contributed by atoms with Gasteiger partial charge >= 0.3 is 0 Å². The molecule has 2 aliphatic heterocycles. The van der Waals surface area contributed by atoms with E-state index in [9.17, 15) is 14.4 Å². The van der Waals surface area contributed by atoms with Gasteiger partial charge in [0.05, 0.1) is 6.04 Å². The molecule has 2 rings (SSSR count). The number of amides is 3. The molecule has 7 nitrogen and oxygen atoms in total. The van der Waals surface area contributed by atoms with Crippen LogP contribution in [0.15, 0.2) is 0 Å². The first-order chi connectivity index (χ1) is 14.2. The second-order valence-electron chi connectivity index (χ2n) is 9.85. The molecule has 0 aliphatic carbocycles. The van der Waals surface area contributed by atoms with Gasteiger partial charge in [-0.15, -0.1) is 0 Å². The third-order valence-corrected chi connectivity index (χ3v) is 6.24. The van der Waals surface area contributed by atoms with Crippen molar-refractivity contribution in [2.45, 2.75) is 78.8 Å². The summed E-state index contributed by atoms with van der Waals surface area (Å²) >= 11 is 0. The summed E-state index contributed by atoms with van der Waals surface area (Å²) in [6.45, 7) is 13.6. The minimum atomic E-state index is -0.356. The number of piperazine rings is 1. The predicted molar refractivity (Wildman–Crippen MR) is 119 cm³/mol. The maximum atomic E-state index is 13.5. The lowest BCUT2D eigenvalue weighted by molar-refractivity contribution is -0.150. The quantitative estimate of drug-likeness (QED) is 0.596. The van der Waals surface area contributed by atoms with Gasteiger partial charge in [0.1, 0.15) is 6.04 Å². The highest BCUT2D eigenvalue weighted by molar-refractivity contribution is 5.90. The van der Waals surface area contributed by atoms with Crippen molar-refractivity contribution in [2.24, 2.45) is 17.8 Å². The summed E-state index contributed by atoms with van der Waals surface area (Å²) in [4.78, 5) is 41.5. The summed E-state index contributed by atoms with van der Waals surface area (Å²) in [5.41, 5.74) is 0. The normalized spacial score (nSPS) is 22.0. The molecule has 0 aromatic heterocycles. The van der Waals surface area contributed by atoms with E-state index in [2.05, 4.69) is 38.3 Å². The second-order valence-corrected chi connectivity index (χ2v) is 9.85. The number of hydrogen-bond donors (Lipinski definition) is 2. The molecule has 0 radical (unpaired) electrons. The van der Waals surface area contributed by atoms with E-state index in [4.69, 9.17) is 0 Å². The maximum Gasteiger partial charge on any atom is 0.245 e. The zero-order valence-corrected chi connectivity index (χ0v) is 19.6. The second kappa shape index (κ2) is 11.7. The fourth-order valence-corrected chi connectivity index (χ4v) is 4.63. The van der Waals surface area contributed by atoms with Crippen LogP contribution in [0.25, 0.3) is 0 Å². The molecule has 2 saturated heterocycles. The highest BCUT2D eigenvalue weighted by Crippen LogP contribution is 2.24. The monoisotopic (exact) mass is 422 g/mol. The molecule has 30 heavy (non-hydrogen) atoms. The topological polar surface area (TPSA) is 81.8 Å². The zero-order valence-electron chi connectivity index (χ0n) is 19.6. The van der Waals surface area contributed by atoms with Crippen molar-refractivity contribution < 1.29 is 14.4 Å². The van der Waals surface area contributed by atoms with E-state index in [1.807, 2.05) is 9.80 Å². The number of likely N-dealkylation sites (tertiary alicyclic amines) is 1. The molecule has 3 amide bonds. The molecule has 172 valence electrons. The van der Waals surface area contributed by atoms with Crippen molar-refractivity contribution in [3.63, 3.8) is 0 Å². The SMILES string of the molecule is CC(=O)NCCC1CCN(C(=O)C(CC(C)C)N2CCN[C@@H](CC(C)C)C2=O)CC1. The van der Waals surface area contributed by atoms with Crippen molar-refractivity contribution in [2.75, 3.05) is 32.7 Å². The van der Waals surface area contributed by atoms with Gasteiger partial charge in [-0.3, -0.25) is 14.4 Å². The molecule has 7 heteroatoms. The number of nitrogens with zero attached hydrogens (tertiary/aromatic N) is 2. The van der Waals surface area contributed by atoms with Crippen molar-refractivity contribution in [1.82, 2.24) is 20.4 Å². The average Bonchev–Trinajstić information content (AvgIpc) is 2.67. The summed E-state index contributed by atoms with van der Waals surface area (Å²) in [7, 11) is 0. The molecule has 2 atom stereocenters. The molecule has 2 fully saturated rings. The Balaban J connectivity index is 1.98. The van der Waals surface area contributed by atoms with Gasteiger partial charge in [0.25, 0.3) is 0 Å². The van der Waals surface area contributed by atoms with E-state index >= 15 is 0 Å². The average molecular weight is 423 g/mol. The molecule has 0 aromatic rings. The number of carbonyl (C=O) groups is 3. The van der Waals surface area contributed by atoms with E-state index in [0.29, 0.717) is 37.3 Å². The van der Waals surface area contributed by atoms with Gasteiger partial charge in [-0.05, 0) is 49.9 Å². The Kier molecular flexibility index (Phi) is 9.59. The lowest BCUT2D eigenvalue weighted by Crippen LogP contribution is -2.62. The van der Waals surface area contributed by atoms with Gasteiger partial charge < -0.3 is 20.4 Å². The molecule has 0 saturated carbocycles. The number of nitrogens with one attached hydrogen (secondary N) is 2. The summed E-state index contributed by atoms with van der Waals surface area (Å²) in [6, 6.07) is -0.536. The molecule has 2 N–H and O–H groups in total. The van der Waals surface area contributed by atoms with E-state index in [0.717, 1.165) is 45.3 Å². The first kappa shape index (κ1) is 24.6. The minimum absolute atomic E-state index is 0.00982. The number of piperidine rings is 1. The van der Waals surface area contributed by atoms with E-state index in [-0.39, 0.29) is 29.8 Å². The van der Waals surface area contributed by atoms with Crippen molar-refractivity contribution >= 4 is 17.7 Å². The molecular weight excluding hydrogens is 380 g/mol. The van der Waals surface area contributed by atoms with Crippen LogP contribution >= 0.6 is 0 Å². The first-order valence-electron chi connectivity index (χ1n) is 11.8. The van der Waals surface area contributed by atoms with Gasteiger partial charge in [0, 0.05) is 39.6 Å². The van der Waals surface area contributed by atoms with Gasteiger partial charge in [-0.2, -0.15) is 0 Å². The lowest BCUT2D eigenvalue weighted by Gasteiger charge is -2.42. The van der Waals surface area contributed by atoms with E-state index in [1.165, 1.54) is 0 Å². The zero-order chi connectivity index (χ0) is 22.3. The third kappa shape index (κ3) is 7.25. The molecular formula is C23H42N4O3. The van der Waals surface area contributed by atoms with Gasteiger partial charge in [-0.25, -0.2) is 0 Å². The fraction of sp³-hybridized carbons (Fsp3) is 0.870. The predicted octanol–water partition coefficient (Wildman–Crippen LogP) is 2.01. The fourth-order valence-electron chi connectivity index (χ4n) is 4.63. The minimum Gasteiger partial charge on any atom is -0.356 e. The summed E-state index contributed by atoms with van der Waals surface area (Å²) in [5.74, 6) is 1.53. The molecule has 0 bridgehead atoms. The Labute approximate surface area is 182 Å². The molecule has 1 unspecified atom stereocenters. The van der Waals surface area contributed by atoms with E-state index in [1.54, 1.807) is 6.92 Å². The number of rotatable bonds is 9. The Morgan fingerprint density at radius 1 is 1.10 bits per heavy atom. The largest absolute Gasteiger partial charge is 0.356 e.